The first-order valence-electron chi connectivity index (χ1n) is 21.1. The molecule has 13 rings (SSSR count). The third kappa shape index (κ3) is 5.69. The van der Waals surface area contributed by atoms with Crippen molar-refractivity contribution in [1.29, 1.82) is 0 Å². The van der Waals surface area contributed by atoms with Gasteiger partial charge in [0.2, 0.25) is 0 Å². The molecule has 63 heavy (non-hydrogen) atoms. The summed E-state index contributed by atoms with van der Waals surface area (Å²) >= 11 is 0. The van der Waals surface area contributed by atoms with E-state index in [1.165, 1.54) is 27.4 Å². The quantitative estimate of drug-likeness (QED) is 0.167. The normalized spacial score (nSPS) is 11.8. The van der Waals surface area contributed by atoms with E-state index >= 15 is 0 Å². The highest BCUT2D eigenvalue weighted by Crippen LogP contribution is 2.41. The predicted molar refractivity (Wildman–Crippen MR) is 256 cm³/mol. The van der Waals surface area contributed by atoms with E-state index < -0.39 is 0 Å². The third-order valence-electron chi connectivity index (χ3n) is 12.3. The third-order valence-corrected chi connectivity index (χ3v) is 12.3. The number of rotatable bonds is 6. The van der Waals surface area contributed by atoms with Crippen molar-refractivity contribution in [3.05, 3.63) is 206 Å². The van der Waals surface area contributed by atoms with Crippen molar-refractivity contribution in [3.63, 3.8) is 0 Å². The summed E-state index contributed by atoms with van der Waals surface area (Å²) < 4.78 is 15.6. The van der Waals surface area contributed by atoms with E-state index in [-0.39, 0.29) is 0 Å². The van der Waals surface area contributed by atoms with E-state index in [2.05, 4.69) is 162 Å². The molecule has 0 aliphatic heterocycles. The molecular formula is C57H34N4O2. The summed E-state index contributed by atoms with van der Waals surface area (Å²) in [6.07, 6.45) is 0. The lowest BCUT2D eigenvalue weighted by atomic mass is 10.0. The molecule has 13 aromatic rings. The van der Waals surface area contributed by atoms with E-state index in [0.717, 1.165) is 82.9 Å². The van der Waals surface area contributed by atoms with Gasteiger partial charge in [-0.25, -0.2) is 15.0 Å². The molecule has 0 N–H and O–H groups in total. The van der Waals surface area contributed by atoms with Crippen LogP contribution < -0.4 is 0 Å². The van der Waals surface area contributed by atoms with Gasteiger partial charge in [-0.1, -0.05) is 158 Å². The molecule has 0 fully saturated rings. The number of benzene rings is 9. The van der Waals surface area contributed by atoms with Crippen molar-refractivity contribution in [3.8, 4) is 62.1 Å². The molecule has 0 atom stereocenters. The zero-order valence-electron chi connectivity index (χ0n) is 33.7. The van der Waals surface area contributed by atoms with Gasteiger partial charge in [0, 0.05) is 65.8 Å². The number of hydrogen-bond donors (Lipinski definition) is 0. The van der Waals surface area contributed by atoms with Gasteiger partial charge >= 0.3 is 0 Å². The van der Waals surface area contributed by atoms with Crippen molar-refractivity contribution in [1.82, 2.24) is 19.5 Å². The molecule has 0 amide bonds. The average molecular weight is 807 g/mol. The second-order valence-electron chi connectivity index (χ2n) is 15.9. The van der Waals surface area contributed by atoms with Gasteiger partial charge in [0.25, 0.3) is 0 Å². The zero-order chi connectivity index (χ0) is 41.4. The lowest BCUT2D eigenvalue weighted by Gasteiger charge is -2.12. The molecule has 4 aromatic heterocycles. The van der Waals surface area contributed by atoms with Gasteiger partial charge in [0.15, 0.2) is 17.5 Å². The lowest BCUT2D eigenvalue weighted by molar-refractivity contribution is 0.669. The Balaban J connectivity index is 0.942. The van der Waals surface area contributed by atoms with Crippen molar-refractivity contribution < 1.29 is 8.83 Å². The Morgan fingerprint density at radius 3 is 1.56 bits per heavy atom. The summed E-state index contributed by atoms with van der Waals surface area (Å²) in [7, 11) is 0. The second kappa shape index (κ2) is 14.0. The van der Waals surface area contributed by atoms with Gasteiger partial charge in [0.1, 0.15) is 22.3 Å². The fraction of sp³-hybridized carbons (Fsp3) is 0. The second-order valence-corrected chi connectivity index (χ2v) is 15.9. The summed E-state index contributed by atoms with van der Waals surface area (Å²) in [6.45, 7) is 0. The van der Waals surface area contributed by atoms with Crippen LogP contribution in [0.3, 0.4) is 0 Å². The van der Waals surface area contributed by atoms with Crippen LogP contribution in [0.15, 0.2) is 215 Å². The van der Waals surface area contributed by atoms with Gasteiger partial charge in [-0.2, -0.15) is 0 Å². The molecule has 0 saturated heterocycles. The average Bonchev–Trinajstić information content (AvgIpc) is 4.03. The van der Waals surface area contributed by atoms with Gasteiger partial charge in [0.05, 0.1) is 11.0 Å². The molecule has 6 heteroatoms. The zero-order valence-corrected chi connectivity index (χ0v) is 33.7. The first-order valence-corrected chi connectivity index (χ1v) is 21.1. The number of fused-ring (bicyclic) bond motifs is 9. The Hall–Kier alpha value is -8.61. The van der Waals surface area contributed by atoms with E-state index in [1.807, 2.05) is 48.5 Å². The van der Waals surface area contributed by atoms with Crippen LogP contribution in [-0.4, -0.2) is 19.5 Å². The van der Waals surface area contributed by atoms with Crippen molar-refractivity contribution in [2.75, 3.05) is 0 Å². The SMILES string of the molecule is c1ccc(-c2nc(-c3ccc4c(c3)oc3ccc(-n5c6ccccc6c6cccc(-c7ccccc7)c65)cc34)nc(-c3ccc4c(c3)oc3c(-c5ccccc5)cccc34)n2)cc1. The highest BCUT2D eigenvalue weighted by molar-refractivity contribution is 6.15. The van der Waals surface area contributed by atoms with Gasteiger partial charge in [-0.15, -0.1) is 0 Å². The van der Waals surface area contributed by atoms with Crippen LogP contribution in [0.25, 0.3) is 128 Å². The summed E-state index contributed by atoms with van der Waals surface area (Å²) in [5.74, 6) is 1.69. The Morgan fingerprint density at radius 2 is 0.857 bits per heavy atom. The van der Waals surface area contributed by atoms with E-state index in [1.54, 1.807) is 0 Å². The van der Waals surface area contributed by atoms with Crippen LogP contribution in [0, 0.1) is 0 Å². The molecule has 9 aromatic carbocycles. The standard InChI is InChI=1S/C57H34N4O2/c1-4-14-35(15-5-1)41-21-12-23-46-43-20-10-11-25-49(43)61(53(41)46)40-28-31-50-48(34-40)45-30-27-38(32-51(45)62-50)56-58-55(37-18-8-3-9-19-37)59-57(60-56)39-26-29-44-47-24-13-22-42(36-16-6-2-7-17-36)54(47)63-52(44)33-39/h1-34H. The first-order chi connectivity index (χ1) is 31.2. The van der Waals surface area contributed by atoms with Crippen LogP contribution in [-0.2, 0) is 0 Å². The maximum atomic E-state index is 6.62. The fourth-order valence-electron chi connectivity index (χ4n) is 9.31. The van der Waals surface area contributed by atoms with Crippen LogP contribution >= 0.6 is 0 Å². The molecule has 6 nitrogen and oxygen atoms in total. The van der Waals surface area contributed by atoms with Gasteiger partial charge in [-0.05, 0) is 59.7 Å². The monoisotopic (exact) mass is 806 g/mol. The van der Waals surface area contributed by atoms with Gasteiger partial charge < -0.3 is 13.4 Å². The van der Waals surface area contributed by atoms with E-state index in [9.17, 15) is 0 Å². The van der Waals surface area contributed by atoms with E-state index in [0.29, 0.717) is 17.5 Å². The molecule has 0 bridgehead atoms. The van der Waals surface area contributed by atoms with Crippen molar-refractivity contribution in [2.45, 2.75) is 0 Å². The summed E-state index contributed by atoms with van der Waals surface area (Å²) in [4.78, 5) is 15.2. The number of hydrogen-bond acceptors (Lipinski definition) is 5. The molecular weight excluding hydrogens is 773 g/mol. The summed E-state index contributed by atoms with van der Waals surface area (Å²) in [5.41, 5.74) is 13.7. The largest absolute Gasteiger partial charge is 0.456 e. The Bertz CT molecular complexity index is 3900. The highest BCUT2D eigenvalue weighted by atomic mass is 16.3. The molecule has 0 saturated carbocycles. The number of aromatic nitrogens is 4. The lowest BCUT2D eigenvalue weighted by Crippen LogP contribution is -2.00. The number of furan rings is 2. The van der Waals surface area contributed by atoms with Crippen molar-refractivity contribution >= 4 is 65.7 Å². The Kier molecular flexibility index (Phi) is 7.80. The molecule has 0 spiro atoms. The fourth-order valence-corrected chi connectivity index (χ4v) is 9.31. The predicted octanol–water partition coefficient (Wildman–Crippen LogP) is 15.1. The summed E-state index contributed by atoms with van der Waals surface area (Å²) in [6, 6.07) is 71.5. The van der Waals surface area contributed by atoms with Crippen LogP contribution in [0.2, 0.25) is 0 Å². The summed E-state index contributed by atoms with van der Waals surface area (Å²) in [5, 5.41) is 6.59. The van der Waals surface area contributed by atoms with E-state index in [4.69, 9.17) is 23.8 Å². The maximum absolute atomic E-state index is 6.62. The number of nitrogens with zero attached hydrogens (tertiary/aromatic N) is 4. The minimum Gasteiger partial charge on any atom is -0.456 e. The molecule has 0 aliphatic rings. The Morgan fingerprint density at radius 1 is 0.317 bits per heavy atom. The van der Waals surface area contributed by atoms with Gasteiger partial charge in [-0.3, -0.25) is 0 Å². The van der Waals surface area contributed by atoms with Crippen LogP contribution in [0.1, 0.15) is 0 Å². The maximum Gasteiger partial charge on any atom is 0.164 e. The number of para-hydroxylation sites is 3. The topological polar surface area (TPSA) is 69.9 Å². The molecule has 0 aliphatic carbocycles. The van der Waals surface area contributed by atoms with Crippen LogP contribution in [0.4, 0.5) is 0 Å². The highest BCUT2D eigenvalue weighted by Gasteiger charge is 2.20. The minimum absolute atomic E-state index is 0.552. The Labute approximate surface area is 361 Å². The van der Waals surface area contributed by atoms with Crippen molar-refractivity contribution in [2.24, 2.45) is 0 Å². The first kappa shape index (κ1) is 35.2. The molecule has 4 heterocycles. The molecule has 0 unspecified atom stereocenters. The smallest absolute Gasteiger partial charge is 0.164 e. The molecule has 0 radical (unpaired) electrons. The van der Waals surface area contributed by atoms with Crippen LogP contribution in [0.5, 0.6) is 0 Å². The minimum atomic E-state index is 0.552. The molecule has 294 valence electrons.